The maximum atomic E-state index is 12.2. The van der Waals surface area contributed by atoms with Crippen LogP contribution in [-0.4, -0.2) is 68.6 Å². The van der Waals surface area contributed by atoms with Gasteiger partial charge in [-0.2, -0.15) is 9.61 Å². The number of carbonyl (C=O) groups is 1. The average Bonchev–Trinajstić information content (AvgIpc) is 2.80. The number of amides is 1. The van der Waals surface area contributed by atoms with Gasteiger partial charge in [0, 0.05) is 30.4 Å². The van der Waals surface area contributed by atoms with Crippen molar-refractivity contribution in [2.75, 3.05) is 32.7 Å². The number of fused-ring (bicyclic) bond motifs is 1. The lowest BCUT2D eigenvalue weighted by Crippen LogP contribution is -2.46. The van der Waals surface area contributed by atoms with Crippen molar-refractivity contribution in [1.82, 2.24) is 29.7 Å². The zero-order chi connectivity index (χ0) is 19.6. The zero-order valence-corrected chi connectivity index (χ0v) is 17.3. The lowest BCUT2D eigenvalue weighted by molar-refractivity contribution is -0.123. The minimum Gasteiger partial charge on any atom is -0.350 e. The molecular formula is C18H28N6O2S. The van der Waals surface area contributed by atoms with Crippen LogP contribution in [0.25, 0.3) is 4.96 Å². The number of rotatable bonds is 4. The molecule has 0 bridgehead atoms. The predicted molar refractivity (Wildman–Crippen MR) is 106 cm³/mol. The zero-order valence-electron chi connectivity index (χ0n) is 16.5. The van der Waals surface area contributed by atoms with Gasteiger partial charge in [0.2, 0.25) is 10.9 Å². The highest BCUT2D eigenvalue weighted by atomic mass is 32.1. The standard InChI is InChI=1S/C18H28N6O2S/c1-13-10-16(26)24-17(19-13)27-15(21-24)12-23-7-5-6-22(8-9-23)11-14(25)20-18(2,3)4/h10H,5-9,11-12H2,1-4H3,(H,20,25). The van der Waals surface area contributed by atoms with Crippen LogP contribution in [0.15, 0.2) is 10.9 Å². The maximum absolute atomic E-state index is 12.2. The molecule has 9 heteroatoms. The molecule has 3 rings (SSSR count). The smallest absolute Gasteiger partial charge is 0.275 e. The summed E-state index contributed by atoms with van der Waals surface area (Å²) in [4.78, 5) is 33.7. The molecule has 0 atom stereocenters. The molecule has 1 N–H and O–H groups in total. The summed E-state index contributed by atoms with van der Waals surface area (Å²) in [5.74, 6) is 0.0722. The van der Waals surface area contributed by atoms with Crippen LogP contribution < -0.4 is 10.9 Å². The number of hydrogen-bond donors (Lipinski definition) is 1. The Bertz CT molecular complexity index is 869. The first-order valence-corrected chi connectivity index (χ1v) is 10.1. The summed E-state index contributed by atoms with van der Waals surface area (Å²) in [6.07, 6.45) is 1.00. The topological polar surface area (TPSA) is 82.8 Å². The van der Waals surface area contributed by atoms with Crippen LogP contribution in [0, 0.1) is 6.92 Å². The van der Waals surface area contributed by atoms with Crippen LogP contribution >= 0.6 is 11.3 Å². The van der Waals surface area contributed by atoms with Gasteiger partial charge in [0.05, 0.1) is 13.1 Å². The molecule has 0 saturated carbocycles. The van der Waals surface area contributed by atoms with Gasteiger partial charge in [0.1, 0.15) is 5.01 Å². The minimum absolute atomic E-state index is 0.0722. The molecule has 1 aliphatic rings. The minimum atomic E-state index is -0.202. The molecule has 1 saturated heterocycles. The van der Waals surface area contributed by atoms with E-state index >= 15 is 0 Å². The highest BCUT2D eigenvalue weighted by Gasteiger charge is 2.20. The molecular weight excluding hydrogens is 364 g/mol. The van der Waals surface area contributed by atoms with E-state index in [-0.39, 0.29) is 17.0 Å². The number of nitrogens with one attached hydrogen (secondary N) is 1. The molecule has 1 aliphatic heterocycles. The van der Waals surface area contributed by atoms with Crippen LogP contribution in [-0.2, 0) is 11.3 Å². The summed E-state index contributed by atoms with van der Waals surface area (Å²) in [6.45, 7) is 12.5. The Hall–Kier alpha value is -1.84. The fraction of sp³-hybridized carbons (Fsp3) is 0.667. The number of hydrogen-bond acceptors (Lipinski definition) is 7. The van der Waals surface area contributed by atoms with Crippen LogP contribution in [0.1, 0.15) is 37.9 Å². The molecule has 2 aromatic rings. The van der Waals surface area contributed by atoms with Crippen LogP contribution in [0.4, 0.5) is 0 Å². The van der Waals surface area contributed by atoms with Crippen molar-refractivity contribution in [2.45, 2.75) is 46.2 Å². The Morgan fingerprint density at radius 2 is 1.93 bits per heavy atom. The maximum Gasteiger partial charge on any atom is 0.275 e. The molecule has 8 nitrogen and oxygen atoms in total. The first-order valence-electron chi connectivity index (χ1n) is 9.32. The predicted octanol–water partition coefficient (Wildman–Crippen LogP) is 0.882. The summed E-state index contributed by atoms with van der Waals surface area (Å²) in [7, 11) is 0. The Morgan fingerprint density at radius 1 is 1.22 bits per heavy atom. The summed E-state index contributed by atoms with van der Waals surface area (Å²) in [5.41, 5.74) is 0.382. The third-order valence-corrected chi connectivity index (χ3v) is 5.23. The monoisotopic (exact) mass is 392 g/mol. The van der Waals surface area contributed by atoms with Crippen LogP contribution in [0.2, 0.25) is 0 Å². The summed E-state index contributed by atoms with van der Waals surface area (Å²) in [5, 5.41) is 8.34. The SMILES string of the molecule is Cc1cc(=O)n2nc(CN3CCCN(CC(=O)NC(C)(C)C)CC3)sc2n1. The Kier molecular flexibility index (Phi) is 5.92. The van der Waals surface area contributed by atoms with E-state index in [2.05, 4.69) is 25.2 Å². The van der Waals surface area contributed by atoms with E-state index < -0.39 is 0 Å². The van der Waals surface area contributed by atoms with E-state index in [1.54, 1.807) is 0 Å². The third kappa shape index (κ3) is 5.57. The van der Waals surface area contributed by atoms with Crippen molar-refractivity contribution < 1.29 is 4.79 Å². The van der Waals surface area contributed by atoms with Gasteiger partial charge in [0.25, 0.3) is 5.56 Å². The van der Waals surface area contributed by atoms with E-state index in [0.29, 0.717) is 23.7 Å². The molecule has 0 spiro atoms. The lowest BCUT2D eigenvalue weighted by Gasteiger charge is -2.24. The van der Waals surface area contributed by atoms with Gasteiger partial charge < -0.3 is 5.32 Å². The fourth-order valence-electron chi connectivity index (χ4n) is 3.22. The molecule has 3 heterocycles. The second-order valence-corrected chi connectivity index (χ2v) is 9.17. The van der Waals surface area contributed by atoms with E-state index in [0.717, 1.165) is 37.6 Å². The highest BCUT2D eigenvalue weighted by molar-refractivity contribution is 7.16. The summed E-state index contributed by atoms with van der Waals surface area (Å²) >= 11 is 1.47. The molecule has 0 aromatic carbocycles. The average molecular weight is 393 g/mol. The number of carbonyl (C=O) groups excluding carboxylic acids is 1. The Balaban J connectivity index is 1.58. The van der Waals surface area contributed by atoms with Crippen molar-refractivity contribution >= 4 is 22.2 Å². The second-order valence-electron chi connectivity index (χ2n) is 8.13. The summed E-state index contributed by atoms with van der Waals surface area (Å²) < 4.78 is 1.38. The number of aryl methyl sites for hydroxylation is 1. The molecule has 0 aliphatic carbocycles. The van der Waals surface area contributed by atoms with Gasteiger partial charge in [-0.3, -0.25) is 19.4 Å². The molecule has 0 unspecified atom stereocenters. The van der Waals surface area contributed by atoms with Crippen molar-refractivity contribution in [2.24, 2.45) is 0 Å². The molecule has 1 fully saturated rings. The van der Waals surface area contributed by atoms with E-state index in [9.17, 15) is 9.59 Å². The Morgan fingerprint density at radius 3 is 2.67 bits per heavy atom. The molecule has 27 heavy (non-hydrogen) atoms. The van der Waals surface area contributed by atoms with E-state index in [1.807, 2.05) is 27.7 Å². The van der Waals surface area contributed by atoms with Crippen LogP contribution in [0.3, 0.4) is 0 Å². The number of aromatic nitrogens is 3. The lowest BCUT2D eigenvalue weighted by atomic mass is 10.1. The fourth-order valence-corrected chi connectivity index (χ4v) is 4.20. The van der Waals surface area contributed by atoms with Gasteiger partial charge in [-0.15, -0.1) is 0 Å². The largest absolute Gasteiger partial charge is 0.350 e. The van der Waals surface area contributed by atoms with E-state index in [1.165, 1.54) is 21.9 Å². The quantitative estimate of drug-likeness (QED) is 0.832. The number of nitrogens with zero attached hydrogens (tertiary/aromatic N) is 5. The van der Waals surface area contributed by atoms with Gasteiger partial charge in [0.15, 0.2) is 0 Å². The van der Waals surface area contributed by atoms with Crippen molar-refractivity contribution in [3.63, 3.8) is 0 Å². The Labute approximate surface area is 163 Å². The van der Waals surface area contributed by atoms with Gasteiger partial charge in [-0.25, -0.2) is 4.98 Å². The second kappa shape index (κ2) is 8.04. The van der Waals surface area contributed by atoms with Crippen LogP contribution in [0.5, 0.6) is 0 Å². The molecule has 2 aromatic heterocycles. The molecule has 1 amide bonds. The third-order valence-electron chi connectivity index (χ3n) is 4.34. The van der Waals surface area contributed by atoms with Gasteiger partial charge in [-0.1, -0.05) is 11.3 Å². The highest BCUT2D eigenvalue weighted by Crippen LogP contribution is 2.15. The van der Waals surface area contributed by atoms with Gasteiger partial charge >= 0.3 is 0 Å². The normalized spacial score (nSPS) is 17.2. The summed E-state index contributed by atoms with van der Waals surface area (Å²) in [6, 6.07) is 1.50. The van der Waals surface area contributed by atoms with Crippen molar-refractivity contribution in [3.05, 3.63) is 27.1 Å². The molecule has 148 valence electrons. The molecule has 0 radical (unpaired) electrons. The van der Waals surface area contributed by atoms with Crippen molar-refractivity contribution in [1.29, 1.82) is 0 Å². The first kappa shape index (κ1) is 19.9. The van der Waals surface area contributed by atoms with Crippen molar-refractivity contribution in [3.8, 4) is 0 Å². The van der Waals surface area contributed by atoms with Gasteiger partial charge in [-0.05, 0) is 47.2 Å². The van der Waals surface area contributed by atoms with E-state index in [4.69, 9.17) is 0 Å². The first-order chi connectivity index (χ1) is 12.7.